The number of hydrogen-bond acceptors (Lipinski definition) is 5. The summed E-state index contributed by atoms with van der Waals surface area (Å²) in [7, 11) is 0. The number of nitrogens with zero attached hydrogens (tertiary/aromatic N) is 4. The molecule has 1 aliphatic carbocycles. The van der Waals surface area contributed by atoms with Gasteiger partial charge in [0, 0.05) is 45.1 Å². The van der Waals surface area contributed by atoms with Gasteiger partial charge in [0.1, 0.15) is 5.82 Å². The van der Waals surface area contributed by atoms with E-state index in [-0.39, 0.29) is 23.7 Å². The van der Waals surface area contributed by atoms with Gasteiger partial charge in [0.15, 0.2) is 0 Å². The zero-order valence-corrected chi connectivity index (χ0v) is 18.2. The van der Waals surface area contributed by atoms with Gasteiger partial charge >= 0.3 is 0 Å². The summed E-state index contributed by atoms with van der Waals surface area (Å²) < 4.78 is 0. The topological polar surface area (TPSA) is 78.4 Å². The average Bonchev–Trinajstić information content (AvgIpc) is 3.58. The third-order valence-corrected chi connectivity index (χ3v) is 6.79. The molecule has 0 aromatic carbocycles. The summed E-state index contributed by atoms with van der Waals surface area (Å²) in [4.78, 5) is 38.3. The summed E-state index contributed by atoms with van der Waals surface area (Å²) in [5, 5.41) is 2.88. The predicted octanol–water partition coefficient (Wildman–Crippen LogP) is 2.47. The second kappa shape index (κ2) is 7.94. The van der Waals surface area contributed by atoms with Crippen LogP contribution in [0.2, 0.25) is 0 Å². The van der Waals surface area contributed by atoms with Crippen LogP contribution in [0.3, 0.4) is 0 Å². The van der Waals surface area contributed by atoms with Crippen LogP contribution in [0.5, 0.6) is 0 Å². The number of anilines is 1. The van der Waals surface area contributed by atoms with E-state index in [1.165, 1.54) is 24.0 Å². The normalized spacial score (nSPS) is 23.7. The highest BCUT2D eigenvalue weighted by Gasteiger charge is 2.34. The van der Waals surface area contributed by atoms with Crippen molar-refractivity contribution in [1.29, 1.82) is 0 Å². The van der Waals surface area contributed by atoms with Crippen molar-refractivity contribution < 1.29 is 9.59 Å². The number of hydrogen-bond donors (Lipinski definition) is 1. The van der Waals surface area contributed by atoms with Gasteiger partial charge in [0.2, 0.25) is 5.91 Å². The first-order valence-corrected chi connectivity index (χ1v) is 11.3. The Kier molecular flexibility index (Phi) is 5.12. The SMILES string of the molecule is Cc1cc(C2CC2)cnc1N1CCN(C(=O)c2ccc([C@@H]3C(=O)NCC3C)nc2)CC1. The first kappa shape index (κ1) is 20.0. The molecular formula is C24H29N5O2. The Morgan fingerprint density at radius 1 is 1.10 bits per heavy atom. The number of aromatic nitrogens is 2. The molecule has 1 unspecified atom stereocenters. The number of pyridine rings is 2. The molecule has 1 N–H and O–H groups in total. The smallest absolute Gasteiger partial charge is 0.255 e. The van der Waals surface area contributed by atoms with E-state index in [0.29, 0.717) is 31.1 Å². The maximum atomic E-state index is 13.0. The quantitative estimate of drug-likeness (QED) is 0.824. The zero-order valence-electron chi connectivity index (χ0n) is 18.2. The van der Waals surface area contributed by atoms with Crippen LogP contribution in [0.15, 0.2) is 30.6 Å². The zero-order chi connectivity index (χ0) is 21.5. The van der Waals surface area contributed by atoms with Gasteiger partial charge in [0.25, 0.3) is 5.91 Å². The Bertz CT molecular complexity index is 994. The number of piperazine rings is 1. The molecule has 2 atom stereocenters. The van der Waals surface area contributed by atoms with Crippen molar-refractivity contribution in [3.63, 3.8) is 0 Å². The molecule has 3 aliphatic rings. The number of carbonyl (C=O) groups is 2. The fourth-order valence-corrected chi connectivity index (χ4v) is 4.75. The fourth-order valence-electron chi connectivity index (χ4n) is 4.75. The van der Waals surface area contributed by atoms with Crippen LogP contribution >= 0.6 is 0 Å². The Balaban J connectivity index is 1.21. The highest BCUT2D eigenvalue weighted by Crippen LogP contribution is 2.40. The van der Waals surface area contributed by atoms with E-state index < -0.39 is 0 Å². The number of carbonyl (C=O) groups excluding carboxylic acids is 2. The summed E-state index contributed by atoms with van der Waals surface area (Å²) in [5.41, 5.74) is 3.89. The molecule has 4 heterocycles. The molecule has 2 amide bonds. The third-order valence-electron chi connectivity index (χ3n) is 6.79. The lowest BCUT2D eigenvalue weighted by Crippen LogP contribution is -2.49. The highest BCUT2D eigenvalue weighted by molar-refractivity contribution is 5.94. The van der Waals surface area contributed by atoms with Crippen LogP contribution in [0, 0.1) is 12.8 Å². The molecule has 2 aliphatic heterocycles. The Hall–Kier alpha value is -2.96. The minimum atomic E-state index is -0.227. The van der Waals surface area contributed by atoms with Crippen LogP contribution in [0.25, 0.3) is 0 Å². The average molecular weight is 420 g/mol. The number of amides is 2. The molecule has 2 aromatic rings. The van der Waals surface area contributed by atoms with Crippen LogP contribution in [0.1, 0.15) is 58.8 Å². The molecule has 7 nitrogen and oxygen atoms in total. The van der Waals surface area contributed by atoms with E-state index in [1.807, 2.05) is 24.1 Å². The van der Waals surface area contributed by atoms with Crippen LogP contribution < -0.4 is 10.2 Å². The summed E-state index contributed by atoms with van der Waals surface area (Å²) >= 11 is 0. The van der Waals surface area contributed by atoms with E-state index in [2.05, 4.69) is 28.2 Å². The molecule has 0 bridgehead atoms. The molecule has 2 aromatic heterocycles. The van der Waals surface area contributed by atoms with Crippen LogP contribution in [-0.2, 0) is 4.79 Å². The third kappa shape index (κ3) is 3.89. The molecule has 0 radical (unpaired) electrons. The standard InChI is InChI=1S/C24H29N5O2/c1-15-11-19(17-3-4-17)14-26-22(15)28-7-9-29(10-8-28)24(31)18-5-6-20(25-13-18)21-16(2)12-27-23(21)30/h5-6,11,13-14,16-17,21H,3-4,7-10,12H2,1-2H3,(H,27,30)/t16?,21-/m1/s1. The van der Waals surface area contributed by atoms with Crippen LogP contribution in [0.4, 0.5) is 5.82 Å². The largest absolute Gasteiger partial charge is 0.355 e. The van der Waals surface area contributed by atoms with E-state index in [9.17, 15) is 9.59 Å². The molecule has 1 saturated carbocycles. The second-order valence-electron chi connectivity index (χ2n) is 9.13. The van der Waals surface area contributed by atoms with Gasteiger partial charge in [-0.05, 0) is 54.9 Å². The molecule has 0 spiro atoms. The Labute approximate surface area is 182 Å². The lowest BCUT2D eigenvalue weighted by molar-refractivity contribution is -0.120. The Morgan fingerprint density at radius 2 is 1.87 bits per heavy atom. The molecule has 5 rings (SSSR count). The maximum absolute atomic E-state index is 13.0. The van der Waals surface area contributed by atoms with Crippen molar-refractivity contribution in [2.24, 2.45) is 5.92 Å². The lowest BCUT2D eigenvalue weighted by atomic mass is 9.93. The molecular weight excluding hydrogens is 390 g/mol. The summed E-state index contributed by atoms with van der Waals surface area (Å²) in [6, 6.07) is 5.90. The van der Waals surface area contributed by atoms with E-state index in [0.717, 1.165) is 24.6 Å². The molecule has 7 heteroatoms. The van der Waals surface area contributed by atoms with Crippen molar-refractivity contribution in [2.45, 2.75) is 38.5 Å². The summed E-state index contributed by atoms with van der Waals surface area (Å²) in [6.07, 6.45) is 6.20. The maximum Gasteiger partial charge on any atom is 0.255 e. The van der Waals surface area contributed by atoms with Gasteiger partial charge in [-0.15, -0.1) is 0 Å². The van der Waals surface area contributed by atoms with E-state index in [4.69, 9.17) is 4.98 Å². The summed E-state index contributed by atoms with van der Waals surface area (Å²) in [6.45, 7) is 7.71. The van der Waals surface area contributed by atoms with Gasteiger partial charge < -0.3 is 15.1 Å². The second-order valence-corrected chi connectivity index (χ2v) is 9.13. The van der Waals surface area contributed by atoms with Crippen molar-refractivity contribution in [2.75, 3.05) is 37.6 Å². The number of aryl methyl sites for hydroxylation is 1. The minimum Gasteiger partial charge on any atom is -0.355 e. The van der Waals surface area contributed by atoms with Crippen molar-refractivity contribution in [1.82, 2.24) is 20.2 Å². The van der Waals surface area contributed by atoms with Crippen molar-refractivity contribution >= 4 is 17.6 Å². The van der Waals surface area contributed by atoms with Crippen molar-refractivity contribution in [3.05, 3.63) is 53.0 Å². The summed E-state index contributed by atoms with van der Waals surface area (Å²) in [5.74, 6) is 1.74. The Morgan fingerprint density at radius 3 is 2.45 bits per heavy atom. The van der Waals surface area contributed by atoms with Gasteiger partial charge in [-0.2, -0.15) is 0 Å². The first-order valence-electron chi connectivity index (χ1n) is 11.3. The monoisotopic (exact) mass is 419 g/mol. The lowest BCUT2D eigenvalue weighted by Gasteiger charge is -2.36. The highest BCUT2D eigenvalue weighted by atomic mass is 16.2. The molecule has 3 fully saturated rings. The molecule has 2 saturated heterocycles. The molecule has 31 heavy (non-hydrogen) atoms. The minimum absolute atomic E-state index is 0.00335. The van der Waals surface area contributed by atoms with Gasteiger partial charge in [-0.25, -0.2) is 4.98 Å². The van der Waals surface area contributed by atoms with Crippen molar-refractivity contribution in [3.8, 4) is 0 Å². The van der Waals surface area contributed by atoms with Gasteiger partial charge in [-0.1, -0.05) is 13.0 Å². The first-order chi connectivity index (χ1) is 15.0. The molecule has 162 valence electrons. The fraction of sp³-hybridized carbons (Fsp3) is 0.500. The van der Waals surface area contributed by atoms with Crippen LogP contribution in [-0.4, -0.2) is 59.4 Å². The number of nitrogens with one attached hydrogen (secondary N) is 1. The van der Waals surface area contributed by atoms with E-state index >= 15 is 0 Å². The predicted molar refractivity (Wildman–Crippen MR) is 118 cm³/mol. The van der Waals surface area contributed by atoms with E-state index in [1.54, 1.807) is 12.3 Å². The van der Waals surface area contributed by atoms with Gasteiger partial charge in [-0.3, -0.25) is 14.6 Å². The van der Waals surface area contributed by atoms with Gasteiger partial charge in [0.05, 0.1) is 17.2 Å². The number of rotatable bonds is 4.